The Hall–Kier alpha value is -3.24. The molecule has 1 aliphatic heterocycles. The number of nitrogens with zero attached hydrogens (tertiary/aromatic N) is 2. The molecule has 0 spiro atoms. The van der Waals surface area contributed by atoms with Gasteiger partial charge in [-0.1, -0.05) is 84.0 Å². The summed E-state index contributed by atoms with van der Waals surface area (Å²) in [5.74, 6) is -0.426. The first kappa shape index (κ1) is 19.1. The topological polar surface area (TPSA) is 41.9 Å². The van der Waals surface area contributed by atoms with Gasteiger partial charge in [0.05, 0.1) is 11.3 Å². The minimum Gasteiger partial charge on any atom is -0.313 e. The summed E-state index contributed by atoms with van der Waals surface area (Å²) in [6.07, 6.45) is 1.46. The average Bonchev–Trinajstić information content (AvgIpc) is 2.80. The van der Waals surface area contributed by atoms with E-state index in [4.69, 9.17) is 4.84 Å². The molecule has 1 fully saturated rings. The maximum atomic E-state index is 12.3. The van der Waals surface area contributed by atoms with E-state index in [-0.39, 0.29) is 12.1 Å². The van der Waals surface area contributed by atoms with Crippen molar-refractivity contribution in [3.8, 4) is 0 Å². The van der Waals surface area contributed by atoms with Gasteiger partial charge in [-0.3, -0.25) is 4.90 Å². The summed E-state index contributed by atoms with van der Waals surface area (Å²) in [5, 5.41) is 4.29. The number of carbonyl (C=O) groups excluding carboxylic acids is 1. The summed E-state index contributed by atoms with van der Waals surface area (Å²) in [6.45, 7) is 0. The first-order chi connectivity index (χ1) is 14.2. The number of carbonyl (C=O) groups is 1. The molecule has 4 nitrogen and oxygen atoms in total. The van der Waals surface area contributed by atoms with Crippen molar-refractivity contribution >= 4 is 11.7 Å². The molecule has 0 amide bonds. The van der Waals surface area contributed by atoms with Gasteiger partial charge in [-0.25, -0.2) is 4.79 Å². The van der Waals surface area contributed by atoms with Crippen molar-refractivity contribution in [2.45, 2.75) is 24.9 Å². The third kappa shape index (κ3) is 4.44. The number of hydrogen-bond donors (Lipinski definition) is 0. The number of rotatable bonds is 4. The van der Waals surface area contributed by atoms with Crippen LogP contribution >= 0.6 is 0 Å². The predicted octanol–water partition coefficient (Wildman–Crippen LogP) is 5.41. The van der Waals surface area contributed by atoms with E-state index in [0.29, 0.717) is 5.56 Å². The van der Waals surface area contributed by atoms with Crippen molar-refractivity contribution in [1.29, 1.82) is 0 Å². The van der Waals surface area contributed by atoms with Gasteiger partial charge in [-0.15, -0.1) is 0 Å². The van der Waals surface area contributed by atoms with Crippen molar-refractivity contribution in [1.82, 2.24) is 4.90 Å². The molecule has 2 atom stereocenters. The Balaban J connectivity index is 1.60. The number of benzene rings is 3. The van der Waals surface area contributed by atoms with Crippen LogP contribution in [0, 0.1) is 0 Å². The summed E-state index contributed by atoms with van der Waals surface area (Å²) >= 11 is 0. The zero-order valence-electron chi connectivity index (χ0n) is 16.4. The smallest absolute Gasteiger partial charge is 0.313 e. The monoisotopic (exact) mass is 384 g/mol. The maximum Gasteiger partial charge on any atom is 0.365 e. The Morgan fingerprint density at radius 1 is 0.793 bits per heavy atom. The lowest BCUT2D eigenvalue weighted by atomic mass is 9.87. The van der Waals surface area contributed by atoms with Gasteiger partial charge >= 0.3 is 5.97 Å². The quantitative estimate of drug-likeness (QED) is 0.446. The molecule has 29 heavy (non-hydrogen) atoms. The first-order valence-electron chi connectivity index (χ1n) is 9.86. The lowest BCUT2D eigenvalue weighted by molar-refractivity contribution is 0.0507. The van der Waals surface area contributed by atoms with Crippen molar-refractivity contribution in [2.24, 2.45) is 5.16 Å². The molecule has 0 saturated carbocycles. The van der Waals surface area contributed by atoms with Crippen LogP contribution in [0.4, 0.5) is 0 Å². The molecule has 0 bridgehead atoms. The standard InChI is InChI=1S/C25H24N2O2/c1-27-23(19-11-5-2-6-12-19)17-22(18-24(27)20-13-7-3-8-14-20)26-29-25(28)21-15-9-4-10-16-21/h2-16,23-24H,17-18H2,1H3. The van der Waals surface area contributed by atoms with Crippen molar-refractivity contribution in [2.75, 3.05) is 7.05 Å². The van der Waals surface area contributed by atoms with Gasteiger partial charge < -0.3 is 4.84 Å². The molecule has 1 heterocycles. The van der Waals surface area contributed by atoms with Crippen molar-refractivity contribution < 1.29 is 9.63 Å². The second-order valence-corrected chi connectivity index (χ2v) is 7.33. The fraction of sp³-hybridized carbons (Fsp3) is 0.200. The zero-order chi connectivity index (χ0) is 20.1. The fourth-order valence-electron chi connectivity index (χ4n) is 3.90. The van der Waals surface area contributed by atoms with E-state index in [2.05, 4.69) is 65.6 Å². The average molecular weight is 384 g/mol. The minimum atomic E-state index is -0.426. The highest BCUT2D eigenvalue weighted by Crippen LogP contribution is 2.39. The van der Waals surface area contributed by atoms with E-state index >= 15 is 0 Å². The van der Waals surface area contributed by atoms with Gasteiger partial charge in [0.15, 0.2) is 0 Å². The number of piperidine rings is 1. The first-order valence-corrected chi connectivity index (χ1v) is 9.86. The predicted molar refractivity (Wildman–Crippen MR) is 115 cm³/mol. The van der Waals surface area contributed by atoms with Crippen LogP contribution in [0.5, 0.6) is 0 Å². The number of hydrogen-bond acceptors (Lipinski definition) is 4. The summed E-state index contributed by atoms with van der Waals surface area (Å²) in [6, 6.07) is 30.2. The molecule has 146 valence electrons. The Morgan fingerprint density at radius 2 is 1.24 bits per heavy atom. The molecule has 2 unspecified atom stereocenters. The molecule has 0 radical (unpaired) electrons. The molecule has 4 rings (SSSR count). The molecule has 0 aliphatic carbocycles. The molecule has 3 aromatic carbocycles. The Morgan fingerprint density at radius 3 is 1.72 bits per heavy atom. The Labute approximate surface area is 171 Å². The SMILES string of the molecule is CN1C(c2ccccc2)CC(=NOC(=O)c2ccccc2)CC1c1ccccc1. The molecule has 1 saturated heterocycles. The van der Waals surface area contributed by atoms with Crippen LogP contribution in [0.15, 0.2) is 96.2 Å². The molecule has 3 aromatic rings. The number of likely N-dealkylation sites (tertiary alicyclic amines) is 1. The molecule has 0 N–H and O–H groups in total. The molecule has 1 aliphatic rings. The van der Waals surface area contributed by atoms with Crippen LogP contribution < -0.4 is 0 Å². The Kier molecular flexibility index (Phi) is 5.82. The second kappa shape index (κ2) is 8.84. The molecule has 4 heteroatoms. The van der Waals surface area contributed by atoms with E-state index < -0.39 is 5.97 Å². The lowest BCUT2D eigenvalue weighted by Crippen LogP contribution is -2.37. The van der Waals surface area contributed by atoms with Crippen LogP contribution in [0.25, 0.3) is 0 Å². The maximum absolute atomic E-state index is 12.3. The van der Waals surface area contributed by atoms with Gasteiger partial charge in [0.25, 0.3) is 0 Å². The van der Waals surface area contributed by atoms with Gasteiger partial charge in [0, 0.05) is 24.9 Å². The summed E-state index contributed by atoms with van der Waals surface area (Å²) < 4.78 is 0. The third-order valence-corrected chi connectivity index (χ3v) is 5.48. The van der Waals surface area contributed by atoms with E-state index in [1.54, 1.807) is 12.1 Å². The highest BCUT2D eigenvalue weighted by atomic mass is 16.7. The van der Waals surface area contributed by atoms with E-state index in [0.717, 1.165) is 18.6 Å². The molecular formula is C25H24N2O2. The highest BCUT2D eigenvalue weighted by Gasteiger charge is 2.33. The van der Waals surface area contributed by atoms with Crippen LogP contribution in [0.1, 0.15) is 46.4 Å². The van der Waals surface area contributed by atoms with E-state index in [9.17, 15) is 4.79 Å². The Bertz CT molecular complexity index is 920. The van der Waals surface area contributed by atoms with Crippen LogP contribution in [-0.2, 0) is 4.84 Å². The van der Waals surface area contributed by atoms with E-state index in [1.165, 1.54) is 11.1 Å². The largest absolute Gasteiger partial charge is 0.365 e. The minimum absolute atomic E-state index is 0.171. The lowest BCUT2D eigenvalue weighted by Gasteiger charge is -2.40. The van der Waals surface area contributed by atoms with Gasteiger partial charge in [0.1, 0.15) is 0 Å². The van der Waals surface area contributed by atoms with E-state index in [1.807, 2.05) is 30.3 Å². The highest BCUT2D eigenvalue weighted by molar-refractivity contribution is 5.91. The zero-order valence-corrected chi connectivity index (χ0v) is 16.4. The summed E-state index contributed by atoms with van der Waals surface area (Å²) in [4.78, 5) is 20.0. The van der Waals surface area contributed by atoms with Crippen LogP contribution in [0.3, 0.4) is 0 Å². The summed E-state index contributed by atoms with van der Waals surface area (Å²) in [7, 11) is 2.15. The van der Waals surface area contributed by atoms with Gasteiger partial charge in [0.2, 0.25) is 0 Å². The van der Waals surface area contributed by atoms with Crippen molar-refractivity contribution in [3.05, 3.63) is 108 Å². The van der Waals surface area contributed by atoms with Gasteiger partial charge in [-0.2, -0.15) is 0 Å². The van der Waals surface area contributed by atoms with Gasteiger partial charge in [-0.05, 0) is 30.3 Å². The third-order valence-electron chi connectivity index (χ3n) is 5.48. The molecule has 0 aromatic heterocycles. The second-order valence-electron chi connectivity index (χ2n) is 7.33. The summed E-state index contributed by atoms with van der Waals surface area (Å²) in [5.41, 5.74) is 3.87. The van der Waals surface area contributed by atoms with Crippen LogP contribution in [0.2, 0.25) is 0 Å². The fourth-order valence-corrected chi connectivity index (χ4v) is 3.90. The van der Waals surface area contributed by atoms with Crippen molar-refractivity contribution in [3.63, 3.8) is 0 Å². The van der Waals surface area contributed by atoms with Crippen LogP contribution in [-0.4, -0.2) is 23.6 Å². The normalized spacial score (nSPS) is 19.6. The number of oxime groups is 1. The molecular weight excluding hydrogens is 360 g/mol.